The molecule has 3 heterocycles. The highest BCUT2D eigenvalue weighted by Gasteiger charge is 2.31. The van der Waals surface area contributed by atoms with Gasteiger partial charge in [0.1, 0.15) is 11.3 Å². The predicted octanol–water partition coefficient (Wildman–Crippen LogP) is 3.25. The topological polar surface area (TPSA) is 51.0 Å². The molecule has 5 nitrogen and oxygen atoms in total. The number of halogens is 1. The number of carbonyl (C=O) groups is 1. The summed E-state index contributed by atoms with van der Waals surface area (Å²) in [6, 6.07) is 11.0. The average molecular weight is 341 g/mol. The number of likely N-dealkylation sites (tertiary alicyclic amines) is 1. The van der Waals surface area contributed by atoms with Gasteiger partial charge in [0.05, 0.1) is 0 Å². The van der Waals surface area contributed by atoms with Crippen LogP contribution >= 0.6 is 11.6 Å². The fourth-order valence-electron chi connectivity index (χ4n) is 3.37. The summed E-state index contributed by atoms with van der Waals surface area (Å²) in [6.07, 6.45) is 2.68. The van der Waals surface area contributed by atoms with E-state index in [0.29, 0.717) is 17.1 Å². The van der Waals surface area contributed by atoms with Crippen molar-refractivity contribution in [3.8, 4) is 0 Å². The number of hydrogen-bond acceptors (Lipinski definition) is 3. The molecule has 0 bridgehead atoms. The Morgan fingerprint density at radius 2 is 2.17 bits per heavy atom. The minimum Gasteiger partial charge on any atom is -0.338 e. The summed E-state index contributed by atoms with van der Waals surface area (Å²) in [5, 5.41) is 0.582. The number of aryl methyl sites for hydroxylation is 1. The first-order chi connectivity index (χ1) is 11.6. The van der Waals surface area contributed by atoms with Crippen molar-refractivity contribution in [3.05, 3.63) is 59.0 Å². The van der Waals surface area contributed by atoms with Gasteiger partial charge in [-0.1, -0.05) is 17.7 Å². The number of aromatic nitrogens is 3. The first kappa shape index (κ1) is 15.1. The molecule has 3 aromatic rings. The van der Waals surface area contributed by atoms with Gasteiger partial charge in [-0.25, -0.2) is 9.97 Å². The molecule has 4 rings (SSSR count). The molecule has 122 valence electrons. The van der Waals surface area contributed by atoms with Crippen molar-refractivity contribution >= 4 is 28.7 Å². The van der Waals surface area contributed by atoms with Crippen LogP contribution in [-0.2, 0) is 7.05 Å². The van der Waals surface area contributed by atoms with Crippen molar-refractivity contribution in [1.82, 2.24) is 19.4 Å². The lowest BCUT2D eigenvalue weighted by atomic mass is 10.1. The predicted molar refractivity (Wildman–Crippen MR) is 93.2 cm³/mol. The zero-order valence-electron chi connectivity index (χ0n) is 13.3. The number of pyridine rings is 1. The second-order valence-electron chi connectivity index (χ2n) is 6.12. The Kier molecular flexibility index (Phi) is 3.73. The summed E-state index contributed by atoms with van der Waals surface area (Å²) < 4.78 is 2.04. The fourth-order valence-corrected chi connectivity index (χ4v) is 3.56. The molecule has 1 atom stereocenters. The third kappa shape index (κ3) is 2.55. The molecule has 1 fully saturated rings. The van der Waals surface area contributed by atoms with Gasteiger partial charge in [0.2, 0.25) is 0 Å². The van der Waals surface area contributed by atoms with Gasteiger partial charge in [-0.3, -0.25) is 4.79 Å². The van der Waals surface area contributed by atoms with Gasteiger partial charge in [0.25, 0.3) is 5.91 Å². The number of imidazole rings is 1. The Labute approximate surface area is 144 Å². The summed E-state index contributed by atoms with van der Waals surface area (Å²) >= 11 is 6.00. The third-order valence-electron chi connectivity index (χ3n) is 4.57. The van der Waals surface area contributed by atoms with Gasteiger partial charge in [-0.2, -0.15) is 0 Å². The Morgan fingerprint density at radius 1 is 1.29 bits per heavy atom. The summed E-state index contributed by atoms with van der Waals surface area (Å²) in [7, 11) is 1.99. The van der Waals surface area contributed by atoms with Gasteiger partial charge in [-0.05, 0) is 36.8 Å². The fraction of sp³-hybridized carbons (Fsp3) is 0.278. The van der Waals surface area contributed by atoms with Crippen molar-refractivity contribution in [2.45, 2.75) is 12.3 Å². The molecule has 1 aliphatic rings. The van der Waals surface area contributed by atoms with Crippen LogP contribution in [-0.4, -0.2) is 38.4 Å². The normalized spacial score (nSPS) is 17.6. The molecule has 6 heteroatoms. The van der Waals surface area contributed by atoms with E-state index in [1.54, 1.807) is 30.5 Å². The van der Waals surface area contributed by atoms with E-state index < -0.39 is 0 Å². The molecule has 1 aromatic carbocycles. The van der Waals surface area contributed by atoms with Gasteiger partial charge in [-0.15, -0.1) is 0 Å². The maximum Gasteiger partial charge on any atom is 0.253 e. The highest BCUT2D eigenvalue weighted by molar-refractivity contribution is 6.30. The third-order valence-corrected chi connectivity index (χ3v) is 4.81. The van der Waals surface area contributed by atoms with E-state index in [-0.39, 0.29) is 11.8 Å². The van der Waals surface area contributed by atoms with Crippen molar-refractivity contribution < 1.29 is 4.79 Å². The van der Waals surface area contributed by atoms with E-state index in [2.05, 4.69) is 4.98 Å². The first-order valence-corrected chi connectivity index (χ1v) is 8.33. The molecule has 0 spiro atoms. The van der Waals surface area contributed by atoms with Crippen LogP contribution < -0.4 is 0 Å². The number of nitrogens with zero attached hydrogens (tertiary/aromatic N) is 4. The highest BCUT2D eigenvalue weighted by Crippen LogP contribution is 2.29. The molecule has 0 N–H and O–H groups in total. The quantitative estimate of drug-likeness (QED) is 0.719. The van der Waals surface area contributed by atoms with Crippen LogP contribution in [0.3, 0.4) is 0 Å². The minimum atomic E-state index is 0.0249. The van der Waals surface area contributed by atoms with E-state index >= 15 is 0 Å². The van der Waals surface area contributed by atoms with E-state index in [1.165, 1.54) is 0 Å². The molecular formula is C18H17ClN4O. The van der Waals surface area contributed by atoms with Crippen LogP contribution in [0.25, 0.3) is 11.2 Å². The van der Waals surface area contributed by atoms with Crippen LogP contribution in [0.15, 0.2) is 42.6 Å². The zero-order valence-corrected chi connectivity index (χ0v) is 14.1. The number of benzene rings is 1. The van der Waals surface area contributed by atoms with Crippen LogP contribution in [0.4, 0.5) is 0 Å². The van der Waals surface area contributed by atoms with E-state index in [0.717, 1.165) is 30.0 Å². The standard InChI is InChI=1S/C18H17ClN4O/c1-22-16(21-15-6-3-8-20-17(15)22)13-7-9-23(11-13)18(24)12-4-2-5-14(19)10-12/h2-6,8,10,13H,7,9,11H2,1H3/t13-/m0/s1. The molecule has 0 radical (unpaired) electrons. The van der Waals surface area contributed by atoms with Crippen LogP contribution in [0.5, 0.6) is 0 Å². The van der Waals surface area contributed by atoms with Crippen LogP contribution in [0, 0.1) is 0 Å². The van der Waals surface area contributed by atoms with Crippen LogP contribution in [0.2, 0.25) is 5.02 Å². The van der Waals surface area contributed by atoms with Crippen molar-refractivity contribution in [2.75, 3.05) is 13.1 Å². The van der Waals surface area contributed by atoms with Gasteiger partial charge in [0, 0.05) is 42.8 Å². The zero-order chi connectivity index (χ0) is 16.7. The van der Waals surface area contributed by atoms with Gasteiger partial charge < -0.3 is 9.47 Å². The summed E-state index contributed by atoms with van der Waals surface area (Å²) in [5.41, 5.74) is 2.41. The molecule has 1 aliphatic heterocycles. The number of amides is 1. The molecule has 1 saturated heterocycles. The van der Waals surface area contributed by atoms with E-state index in [4.69, 9.17) is 16.6 Å². The van der Waals surface area contributed by atoms with Crippen molar-refractivity contribution in [1.29, 1.82) is 0 Å². The maximum absolute atomic E-state index is 12.7. The largest absolute Gasteiger partial charge is 0.338 e. The number of rotatable bonds is 2. The Hall–Kier alpha value is -2.40. The Bertz CT molecular complexity index is 920. The molecule has 1 amide bonds. The average Bonchev–Trinajstić information content (AvgIpc) is 3.20. The lowest BCUT2D eigenvalue weighted by molar-refractivity contribution is 0.0790. The molecule has 0 unspecified atom stereocenters. The van der Waals surface area contributed by atoms with Gasteiger partial charge in [0.15, 0.2) is 5.65 Å². The highest BCUT2D eigenvalue weighted by atomic mass is 35.5. The van der Waals surface area contributed by atoms with E-state index in [1.807, 2.05) is 28.6 Å². The number of fused-ring (bicyclic) bond motifs is 1. The van der Waals surface area contributed by atoms with Crippen molar-refractivity contribution in [2.24, 2.45) is 7.05 Å². The summed E-state index contributed by atoms with van der Waals surface area (Å²) in [5.74, 6) is 1.24. The smallest absolute Gasteiger partial charge is 0.253 e. The molecule has 0 aliphatic carbocycles. The molecular weight excluding hydrogens is 324 g/mol. The molecule has 24 heavy (non-hydrogen) atoms. The lowest BCUT2D eigenvalue weighted by Gasteiger charge is -2.16. The second kappa shape index (κ2) is 5.91. The van der Waals surface area contributed by atoms with Gasteiger partial charge >= 0.3 is 0 Å². The lowest BCUT2D eigenvalue weighted by Crippen LogP contribution is -2.28. The Balaban J connectivity index is 1.57. The number of hydrogen-bond donors (Lipinski definition) is 0. The second-order valence-corrected chi connectivity index (χ2v) is 6.56. The minimum absolute atomic E-state index is 0.0249. The number of carbonyl (C=O) groups excluding carboxylic acids is 1. The summed E-state index contributed by atoms with van der Waals surface area (Å²) in [6.45, 7) is 1.40. The first-order valence-electron chi connectivity index (χ1n) is 7.95. The Morgan fingerprint density at radius 3 is 2.96 bits per heavy atom. The molecule has 2 aromatic heterocycles. The van der Waals surface area contributed by atoms with Crippen LogP contribution in [0.1, 0.15) is 28.5 Å². The van der Waals surface area contributed by atoms with E-state index in [9.17, 15) is 4.79 Å². The monoisotopic (exact) mass is 340 g/mol. The van der Waals surface area contributed by atoms with Crippen molar-refractivity contribution in [3.63, 3.8) is 0 Å². The molecule has 0 saturated carbocycles. The summed E-state index contributed by atoms with van der Waals surface area (Å²) in [4.78, 5) is 23.6. The maximum atomic E-state index is 12.7. The SMILES string of the molecule is Cn1c([C@H]2CCN(C(=O)c3cccc(Cl)c3)C2)nc2cccnc21.